The first kappa shape index (κ1) is 22.1. The molecule has 12 heteroatoms. The quantitative estimate of drug-likeness (QED) is 0.489. The molecule has 2 heterocycles. The first-order valence-electron chi connectivity index (χ1n) is 10.1. The van der Waals surface area contributed by atoms with E-state index in [0.717, 1.165) is 28.9 Å². The number of hydrogen-bond donors (Lipinski definition) is 0. The SMILES string of the molecule is Cc1ccc2c(c1)COCN2C1CCN(S(=O)(=O)c2ccc([N+](=O)[O-])cc2[N+](=O)[O-])CC1. The number of fused-ring (bicyclic) bond motifs is 1. The van der Waals surface area contributed by atoms with E-state index in [1.807, 2.05) is 13.0 Å². The van der Waals surface area contributed by atoms with E-state index in [1.54, 1.807) is 0 Å². The van der Waals surface area contributed by atoms with Gasteiger partial charge in [-0.2, -0.15) is 4.31 Å². The van der Waals surface area contributed by atoms with Gasteiger partial charge in [0.1, 0.15) is 6.73 Å². The van der Waals surface area contributed by atoms with Crippen LogP contribution in [0.3, 0.4) is 0 Å². The van der Waals surface area contributed by atoms with Crippen molar-refractivity contribution in [2.75, 3.05) is 24.7 Å². The summed E-state index contributed by atoms with van der Waals surface area (Å²) in [5.41, 5.74) is 1.98. The number of sulfonamides is 1. The number of hydrogen-bond acceptors (Lipinski definition) is 8. The van der Waals surface area contributed by atoms with E-state index in [2.05, 4.69) is 17.0 Å². The van der Waals surface area contributed by atoms with Crippen molar-refractivity contribution in [3.8, 4) is 0 Å². The molecule has 170 valence electrons. The molecule has 11 nitrogen and oxygen atoms in total. The lowest BCUT2D eigenvalue weighted by Gasteiger charge is -2.41. The standard InChI is InChI=1S/C20H22N4O7S/c1-14-2-4-18-15(10-14)12-31-13-22(18)16-6-8-21(9-7-16)32(29,30)20-5-3-17(23(25)26)11-19(20)24(27)28/h2-5,10-11,16H,6-9,12-13H2,1H3. The number of rotatable bonds is 5. The van der Waals surface area contributed by atoms with E-state index in [1.165, 1.54) is 4.31 Å². The average molecular weight is 462 g/mol. The van der Waals surface area contributed by atoms with Crippen molar-refractivity contribution in [2.24, 2.45) is 0 Å². The Hall–Kier alpha value is -3.09. The van der Waals surface area contributed by atoms with Crippen molar-refractivity contribution in [1.29, 1.82) is 0 Å². The van der Waals surface area contributed by atoms with Gasteiger partial charge in [-0.3, -0.25) is 20.2 Å². The molecule has 0 N–H and O–H groups in total. The summed E-state index contributed by atoms with van der Waals surface area (Å²) >= 11 is 0. The van der Waals surface area contributed by atoms with Gasteiger partial charge in [-0.25, -0.2) is 8.42 Å². The van der Waals surface area contributed by atoms with Crippen LogP contribution in [-0.2, 0) is 21.4 Å². The zero-order valence-corrected chi connectivity index (χ0v) is 18.2. The Bertz CT molecular complexity index is 1180. The van der Waals surface area contributed by atoms with Gasteiger partial charge in [0, 0.05) is 36.4 Å². The maximum atomic E-state index is 13.1. The Labute approximate surface area is 184 Å². The highest BCUT2D eigenvalue weighted by molar-refractivity contribution is 7.89. The smallest absolute Gasteiger partial charge is 0.296 e. The summed E-state index contributed by atoms with van der Waals surface area (Å²) in [5, 5.41) is 22.3. The molecule has 0 aromatic heterocycles. The first-order chi connectivity index (χ1) is 15.2. The van der Waals surface area contributed by atoms with E-state index >= 15 is 0 Å². The third-order valence-corrected chi connectivity index (χ3v) is 7.81. The highest BCUT2D eigenvalue weighted by Crippen LogP contribution is 2.34. The summed E-state index contributed by atoms with van der Waals surface area (Å²) in [7, 11) is -4.18. The number of nitrogens with zero attached hydrogens (tertiary/aromatic N) is 4. The third-order valence-electron chi connectivity index (χ3n) is 5.86. The maximum absolute atomic E-state index is 13.1. The van der Waals surface area contributed by atoms with Crippen LogP contribution < -0.4 is 4.90 Å². The molecular weight excluding hydrogens is 440 g/mol. The lowest BCUT2D eigenvalue weighted by molar-refractivity contribution is -0.396. The second-order valence-electron chi connectivity index (χ2n) is 7.88. The van der Waals surface area contributed by atoms with Gasteiger partial charge >= 0.3 is 0 Å². The molecule has 0 saturated carbocycles. The van der Waals surface area contributed by atoms with Crippen LogP contribution in [0.15, 0.2) is 41.3 Å². The van der Waals surface area contributed by atoms with Crippen LogP contribution in [0.4, 0.5) is 17.1 Å². The summed E-state index contributed by atoms with van der Waals surface area (Å²) in [4.78, 5) is 22.2. The Morgan fingerprint density at radius 2 is 1.75 bits per heavy atom. The Kier molecular flexibility index (Phi) is 5.84. The first-order valence-corrected chi connectivity index (χ1v) is 11.5. The van der Waals surface area contributed by atoms with Crippen LogP contribution in [0.25, 0.3) is 0 Å². The number of benzene rings is 2. The molecule has 2 aromatic carbocycles. The summed E-state index contributed by atoms with van der Waals surface area (Å²) in [6, 6.07) is 8.82. The van der Waals surface area contributed by atoms with Gasteiger partial charge in [0.15, 0.2) is 4.90 Å². The molecule has 1 fully saturated rings. The second-order valence-corrected chi connectivity index (χ2v) is 9.79. The lowest BCUT2D eigenvalue weighted by Crippen LogP contribution is -2.48. The summed E-state index contributed by atoms with van der Waals surface area (Å²) < 4.78 is 33.2. The van der Waals surface area contributed by atoms with E-state index in [9.17, 15) is 28.6 Å². The van der Waals surface area contributed by atoms with Crippen LogP contribution in [0.2, 0.25) is 0 Å². The van der Waals surface area contributed by atoms with E-state index in [0.29, 0.717) is 32.2 Å². The maximum Gasteiger partial charge on any atom is 0.296 e. The fraction of sp³-hybridized carbons (Fsp3) is 0.400. The summed E-state index contributed by atoms with van der Waals surface area (Å²) in [5.74, 6) is 0. The molecule has 2 aliphatic rings. The molecule has 0 aliphatic carbocycles. The molecule has 2 aromatic rings. The van der Waals surface area contributed by atoms with Crippen LogP contribution in [0, 0.1) is 27.2 Å². The highest BCUT2D eigenvalue weighted by atomic mass is 32.2. The van der Waals surface area contributed by atoms with E-state index in [4.69, 9.17) is 4.74 Å². The van der Waals surface area contributed by atoms with Crippen molar-refractivity contribution in [3.63, 3.8) is 0 Å². The van der Waals surface area contributed by atoms with Crippen LogP contribution in [0.1, 0.15) is 24.0 Å². The van der Waals surface area contributed by atoms with Gasteiger partial charge < -0.3 is 9.64 Å². The normalized spacial score (nSPS) is 17.7. The predicted octanol–water partition coefficient (Wildman–Crippen LogP) is 2.96. The van der Waals surface area contributed by atoms with Gasteiger partial charge in [-0.1, -0.05) is 17.7 Å². The Morgan fingerprint density at radius 1 is 1.03 bits per heavy atom. The molecule has 0 radical (unpaired) electrons. The minimum absolute atomic E-state index is 0.0649. The predicted molar refractivity (Wildman–Crippen MR) is 115 cm³/mol. The second kappa shape index (κ2) is 8.45. The number of piperidine rings is 1. The number of nitro benzene ring substituents is 2. The van der Waals surface area contributed by atoms with Gasteiger partial charge in [0.25, 0.3) is 11.4 Å². The van der Waals surface area contributed by atoms with Gasteiger partial charge in [-0.15, -0.1) is 0 Å². The number of aryl methyl sites for hydroxylation is 1. The Balaban J connectivity index is 1.54. The van der Waals surface area contributed by atoms with Crippen LogP contribution in [-0.4, -0.2) is 48.4 Å². The van der Waals surface area contributed by atoms with Crippen molar-refractivity contribution in [1.82, 2.24) is 4.31 Å². The minimum Gasteiger partial charge on any atom is -0.356 e. The highest BCUT2D eigenvalue weighted by Gasteiger charge is 2.37. The van der Waals surface area contributed by atoms with Crippen molar-refractivity contribution in [3.05, 3.63) is 67.8 Å². The molecule has 2 aliphatic heterocycles. The molecule has 0 unspecified atom stereocenters. The Morgan fingerprint density at radius 3 is 2.41 bits per heavy atom. The van der Waals surface area contributed by atoms with Gasteiger partial charge in [-0.05, 0) is 31.9 Å². The number of anilines is 1. The zero-order chi connectivity index (χ0) is 23.0. The largest absolute Gasteiger partial charge is 0.356 e. The molecule has 0 bridgehead atoms. The van der Waals surface area contributed by atoms with E-state index < -0.39 is 36.1 Å². The monoisotopic (exact) mass is 462 g/mol. The molecular formula is C20H22N4O7S. The number of non-ortho nitro benzene ring substituents is 1. The van der Waals surface area contributed by atoms with Crippen molar-refractivity contribution < 1.29 is 23.0 Å². The number of nitro groups is 2. The van der Waals surface area contributed by atoms with Gasteiger partial charge in [0.05, 0.1) is 22.5 Å². The van der Waals surface area contributed by atoms with Crippen LogP contribution in [0.5, 0.6) is 0 Å². The average Bonchev–Trinajstić information content (AvgIpc) is 2.78. The lowest BCUT2D eigenvalue weighted by atomic mass is 10.0. The van der Waals surface area contributed by atoms with Crippen molar-refractivity contribution >= 4 is 27.1 Å². The molecule has 0 spiro atoms. The molecule has 1 saturated heterocycles. The fourth-order valence-electron chi connectivity index (χ4n) is 4.25. The molecule has 4 rings (SSSR count). The summed E-state index contributed by atoms with van der Waals surface area (Å²) in [6.45, 7) is 3.32. The fourth-order valence-corrected chi connectivity index (χ4v) is 5.86. The van der Waals surface area contributed by atoms with Crippen LogP contribution >= 0.6 is 0 Å². The third kappa shape index (κ3) is 4.04. The zero-order valence-electron chi connectivity index (χ0n) is 17.3. The molecule has 32 heavy (non-hydrogen) atoms. The summed E-state index contributed by atoms with van der Waals surface area (Å²) in [6.07, 6.45) is 1.05. The van der Waals surface area contributed by atoms with Crippen molar-refractivity contribution in [2.45, 2.75) is 37.3 Å². The van der Waals surface area contributed by atoms with Gasteiger partial charge in [0.2, 0.25) is 10.0 Å². The topological polar surface area (TPSA) is 136 Å². The van der Waals surface area contributed by atoms with E-state index in [-0.39, 0.29) is 19.1 Å². The number of ether oxygens (including phenoxy) is 1. The molecule has 0 atom stereocenters. The minimum atomic E-state index is -4.18. The molecule has 0 amide bonds.